The summed E-state index contributed by atoms with van der Waals surface area (Å²) in [6.45, 7) is 4.64. The van der Waals surface area contributed by atoms with Crippen molar-refractivity contribution in [2.24, 2.45) is 0 Å². The Morgan fingerprint density at radius 1 is 1.47 bits per heavy atom. The topological polar surface area (TPSA) is 59.5 Å². The summed E-state index contributed by atoms with van der Waals surface area (Å²) in [5.41, 5.74) is 0. The van der Waals surface area contributed by atoms with Crippen LogP contribution in [0.2, 0.25) is 0 Å². The zero-order valence-corrected chi connectivity index (χ0v) is 13.3. The van der Waals surface area contributed by atoms with Crippen LogP contribution in [0.15, 0.2) is 27.8 Å². The van der Waals surface area contributed by atoms with E-state index in [9.17, 15) is 8.42 Å². The molecule has 1 aliphatic heterocycles. The molecule has 0 N–H and O–H groups in total. The summed E-state index contributed by atoms with van der Waals surface area (Å²) in [4.78, 5) is 3.98. The number of rotatable bonds is 3. The van der Waals surface area contributed by atoms with Gasteiger partial charge in [-0.25, -0.2) is 13.4 Å². The maximum atomic E-state index is 12.5. The van der Waals surface area contributed by atoms with Gasteiger partial charge in [0.25, 0.3) is 10.0 Å². The van der Waals surface area contributed by atoms with Gasteiger partial charge in [0.1, 0.15) is 0 Å². The standard InChI is InChI=1S/C12H17BrN2O3S/c1-3-11-8-15(7-9(2)18-11)19(16,17)12-5-4-10(13)6-14-12/h4-6,9,11H,3,7-8H2,1-2H3. The van der Waals surface area contributed by atoms with Gasteiger partial charge in [-0.2, -0.15) is 4.31 Å². The molecule has 1 fully saturated rings. The Morgan fingerprint density at radius 3 is 2.79 bits per heavy atom. The molecule has 5 nitrogen and oxygen atoms in total. The molecule has 2 heterocycles. The molecule has 0 saturated carbocycles. The summed E-state index contributed by atoms with van der Waals surface area (Å²) in [7, 11) is -3.53. The Bertz CT molecular complexity index is 532. The first-order chi connectivity index (χ1) is 8.93. The fraction of sp³-hybridized carbons (Fsp3) is 0.583. The predicted molar refractivity (Wildman–Crippen MR) is 75.3 cm³/mol. The largest absolute Gasteiger partial charge is 0.373 e. The highest BCUT2D eigenvalue weighted by Gasteiger charge is 2.33. The van der Waals surface area contributed by atoms with Crippen molar-refractivity contribution in [2.45, 2.75) is 37.5 Å². The smallest absolute Gasteiger partial charge is 0.260 e. The lowest BCUT2D eigenvalue weighted by atomic mass is 10.2. The molecule has 1 aromatic rings. The Kier molecular flexibility index (Phi) is 4.60. The number of morpholine rings is 1. The monoisotopic (exact) mass is 348 g/mol. The maximum Gasteiger partial charge on any atom is 0.260 e. The van der Waals surface area contributed by atoms with E-state index in [-0.39, 0.29) is 17.2 Å². The molecule has 0 spiro atoms. The van der Waals surface area contributed by atoms with Crippen LogP contribution in [0, 0.1) is 0 Å². The van der Waals surface area contributed by atoms with Gasteiger partial charge in [0, 0.05) is 23.8 Å². The van der Waals surface area contributed by atoms with E-state index in [0.717, 1.165) is 10.9 Å². The summed E-state index contributed by atoms with van der Waals surface area (Å²) < 4.78 is 32.9. The number of sulfonamides is 1. The average molecular weight is 349 g/mol. The molecule has 1 aliphatic rings. The Hall–Kier alpha value is -0.500. The Balaban J connectivity index is 2.26. The van der Waals surface area contributed by atoms with Gasteiger partial charge in [-0.05, 0) is 41.4 Å². The first kappa shape index (κ1) is 14.9. The molecule has 2 atom stereocenters. The van der Waals surface area contributed by atoms with Gasteiger partial charge < -0.3 is 4.74 Å². The van der Waals surface area contributed by atoms with Crippen LogP contribution in [-0.2, 0) is 14.8 Å². The van der Waals surface area contributed by atoms with E-state index in [1.54, 1.807) is 6.07 Å². The van der Waals surface area contributed by atoms with Crippen molar-refractivity contribution in [3.8, 4) is 0 Å². The van der Waals surface area contributed by atoms with Crippen molar-refractivity contribution in [3.05, 3.63) is 22.8 Å². The SMILES string of the molecule is CCC1CN(S(=O)(=O)c2ccc(Br)cn2)CC(C)O1. The third kappa shape index (κ3) is 3.34. The fourth-order valence-corrected chi connectivity index (χ4v) is 3.77. The zero-order chi connectivity index (χ0) is 14.0. The van der Waals surface area contributed by atoms with E-state index >= 15 is 0 Å². The van der Waals surface area contributed by atoms with Crippen molar-refractivity contribution >= 4 is 26.0 Å². The second kappa shape index (κ2) is 5.87. The maximum absolute atomic E-state index is 12.5. The summed E-state index contributed by atoms with van der Waals surface area (Å²) >= 11 is 3.25. The van der Waals surface area contributed by atoms with Gasteiger partial charge in [-0.3, -0.25) is 0 Å². The van der Waals surface area contributed by atoms with Crippen molar-refractivity contribution in [1.82, 2.24) is 9.29 Å². The van der Waals surface area contributed by atoms with Crippen LogP contribution >= 0.6 is 15.9 Å². The predicted octanol–water partition coefficient (Wildman–Crippen LogP) is 2.03. The minimum atomic E-state index is -3.53. The molecular formula is C12H17BrN2O3S. The molecule has 0 bridgehead atoms. The lowest BCUT2D eigenvalue weighted by Gasteiger charge is -2.35. The number of hydrogen-bond donors (Lipinski definition) is 0. The minimum absolute atomic E-state index is 0.0472. The molecule has 2 rings (SSSR count). The van der Waals surface area contributed by atoms with Gasteiger partial charge in [0.05, 0.1) is 12.2 Å². The molecule has 2 unspecified atom stereocenters. The van der Waals surface area contributed by atoms with E-state index in [2.05, 4.69) is 20.9 Å². The number of pyridine rings is 1. The van der Waals surface area contributed by atoms with Gasteiger partial charge in [0.15, 0.2) is 5.03 Å². The normalized spacial score (nSPS) is 25.4. The second-order valence-electron chi connectivity index (χ2n) is 4.61. The highest BCUT2D eigenvalue weighted by atomic mass is 79.9. The molecular weight excluding hydrogens is 332 g/mol. The summed E-state index contributed by atoms with van der Waals surface area (Å²) in [5.74, 6) is 0. The van der Waals surface area contributed by atoms with Crippen molar-refractivity contribution < 1.29 is 13.2 Å². The zero-order valence-electron chi connectivity index (χ0n) is 10.9. The van der Waals surface area contributed by atoms with Crippen LogP contribution in [-0.4, -0.2) is 43.0 Å². The third-order valence-corrected chi connectivity index (χ3v) is 5.27. The first-order valence-corrected chi connectivity index (χ1v) is 8.44. The van der Waals surface area contributed by atoms with Crippen molar-refractivity contribution in [3.63, 3.8) is 0 Å². The molecule has 7 heteroatoms. The molecule has 0 aromatic carbocycles. The summed E-state index contributed by atoms with van der Waals surface area (Å²) in [6.07, 6.45) is 2.15. The number of nitrogens with zero attached hydrogens (tertiary/aromatic N) is 2. The van der Waals surface area contributed by atoms with E-state index in [4.69, 9.17) is 4.74 Å². The summed E-state index contributed by atoms with van der Waals surface area (Å²) in [6, 6.07) is 3.20. The van der Waals surface area contributed by atoms with Crippen LogP contribution in [0.3, 0.4) is 0 Å². The van der Waals surface area contributed by atoms with Crippen LogP contribution in [0.1, 0.15) is 20.3 Å². The first-order valence-electron chi connectivity index (χ1n) is 6.20. The molecule has 106 valence electrons. The Labute approximate surface area is 122 Å². The van der Waals surface area contributed by atoms with Crippen LogP contribution in [0.25, 0.3) is 0 Å². The average Bonchev–Trinajstić information content (AvgIpc) is 2.38. The lowest BCUT2D eigenvalue weighted by molar-refractivity contribution is -0.0548. The second-order valence-corrected chi connectivity index (χ2v) is 7.41. The van der Waals surface area contributed by atoms with E-state index in [1.807, 2.05) is 13.8 Å². The van der Waals surface area contributed by atoms with Gasteiger partial charge in [0.2, 0.25) is 0 Å². The van der Waals surface area contributed by atoms with Gasteiger partial charge in [-0.1, -0.05) is 6.92 Å². The Morgan fingerprint density at radius 2 is 2.21 bits per heavy atom. The minimum Gasteiger partial charge on any atom is -0.373 e. The number of hydrogen-bond acceptors (Lipinski definition) is 4. The van der Waals surface area contributed by atoms with Gasteiger partial charge in [-0.15, -0.1) is 0 Å². The molecule has 1 aromatic heterocycles. The molecule has 0 aliphatic carbocycles. The highest BCUT2D eigenvalue weighted by molar-refractivity contribution is 9.10. The van der Waals surface area contributed by atoms with Crippen LogP contribution in [0.5, 0.6) is 0 Å². The van der Waals surface area contributed by atoms with Gasteiger partial charge >= 0.3 is 0 Å². The van der Waals surface area contributed by atoms with E-state index in [1.165, 1.54) is 16.6 Å². The molecule has 0 radical (unpaired) electrons. The van der Waals surface area contributed by atoms with Crippen LogP contribution in [0.4, 0.5) is 0 Å². The molecule has 19 heavy (non-hydrogen) atoms. The number of halogens is 1. The van der Waals surface area contributed by atoms with Crippen molar-refractivity contribution in [1.29, 1.82) is 0 Å². The van der Waals surface area contributed by atoms with E-state index < -0.39 is 10.0 Å². The molecule has 0 amide bonds. The lowest BCUT2D eigenvalue weighted by Crippen LogP contribution is -2.49. The number of aromatic nitrogens is 1. The molecule has 1 saturated heterocycles. The number of ether oxygens (including phenoxy) is 1. The quantitative estimate of drug-likeness (QED) is 0.838. The van der Waals surface area contributed by atoms with Crippen LogP contribution < -0.4 is 0 Å². The fourth-order valence-electron chi connectivity index (χ4n) is 2.07. The van der Waals surface area contributed by atoms with E-state index in [0.29, 0.717) is 13.1 Å². The third-order valence-electron chi connectivity index (χ3n) is 3.05. The summed E-state index contributed by atoms with van der Waals surface area (Å²) in [5, 5.41) is 0.0830. The highest BCUT2D eigenvalue weighted by Crippen LogP contribution is 2.21. The van der Waals surface area contributed by atoms with Crippen molar-refractivity contribution in [2.75, 3.05) is 13.1 Å².